The van der Waals surface area contributed by atoms with E-state index in [1.165, 1.54) is 12.1 Å². The summed E-state index contributed by atoms with van der Waals surface area (Å²) in [4.78, 5) is 0.175. The molecule has 0 unspecified atom stereocenters. The number of nitrogen functional groups attached to an aromatic ring is 1. The summed E-state index contributed by atoms with van der Waals surface area (Å²) in [5.74, 6) is 0. The molecule has 2 aromatic rings. The first-order valence-electron chi connectivity index (χ1n) is 5.53. The molecule has 3 N–H and O–H groups in total. The third-order valence-electron chi connectivity index (χ3n) is 2.65. The van der Waals surface area contributed by atoms with Crippen LogP contribution in [0.25, 0.3) is 0 Å². The lowest BCUT2D eigenvalue weighted by atomic mass is 10.2. The second-order valence-corrected chi connectivity index (χ2v) is 6.25. The van der Waals surface area contributed by atoms with Gasteiger partial charge in [-0.3, -0.25) is 4.72 Å². The highest BCUT2D eigenvalue weighted by Crippen LogP contribution is 2.21. The van der Waals surface area contributed by atoms with Crippen molar-refractivity contribution in [2.24, 2.45) is 0 Å². The number of hydrogen-bond donors (Lipinski definition) is 2. The third kappa shape index (κ3) is 3.19. The van der Waals surface area contributed by atoms with Crippen molar-refractivity contribution in [3.8, 4) is 0 Å². The van der Waals surface area contributed by atoms with Crippen LogP contribution in [-0.2, 0) is 10.0 Å². The van der Waals surface area contributed by atoms with Crippen molar-refractivity contribution >= 4 is 33.0 Å². The molecule has 0 aliphatic carbocycles. The van der Waals surface area contributed by atoms with E-state index in [9.17, 15) is 8.42 Å². The van der Waals surface area contributed by atoms with E-state index in [2.05, 4.69) is 4.72 Å². The maximum atomic E-state index is 12.2. The van der Waals surface area contributed by atoms with Crippen molar-refractivity contribution in [3.05, 3.63) is 53.1 Å². The largest absolute Gasteiger partial charge is 0.399 e. The van der Waals surface area contributed by atoms with Gasteiger partial charge in [-0.25, -0.2) is 8.42 Å². The lowest BCUT2D eigenvalue weighted by Crippen LogP contribution is -2.13. The molecule has 0 bridgehead atoms. The summed E-state index contributed by atoms with van der Waals surface area (Å²) < 4.78 is 26.8. The van der Waals surface area contributed by atoms with Crippen LogP contribution in [0.3, 0.4) is 0 Å². The number of rotatable bonds is 3. The number of nitrogens with one attached hydrogen (secondary N) is 1. The fourth-order valence-electron chi connectivity index (χ4n) is 1.55. The van der Waals surface area contributed by atoms with Crippen molar-refractivity contribution in [2.75, 3.05) is 10.5 Å². The van der Waals surface area contributed by atoms with Crippen molar-refractivity contribution in [1.82, 2.24) is 0 Å². The Kier molecular flexibility index (Phi) is 3.68. The average Bonchev–Trinajstić information content (AvgIpc) is 2.35. The highest BCUT2D eigenvalue weighted by molar-refractivity contribution is 7.92. The van der Waals surface area contributed by atoms with Gasteiger partial charge >= 0.3 is 0 Å². The van der Waals surface area contributed by atoms with Crippen LogP contribution in [0.1, 0.15) is 5.56 Å². The van der Waals surface area contributed by atoms with E-state index in [-0.39, 0.29) is 4.90 Å². The van der Waals surface area contributed by atoms with Crippen LogP contribution in [0.15, 0.2) is 47.4 Å². The van der Waals surface area contributed by atoms with Gasteiger partial charge in [0.2, 0.25) is 0 Å². The normalized spacial score (nSPS) is 11.3. The molecule has 0 heterocycles. The summed E-state index contributed by atoms with van der Waals surface area (Å²) in [6.45, 7) is 1.76. The molecule has 0 spiro atoms. The number of anilines is 2. The third-order valence-corrected chi connectivity index (χ3v) is 4.28. The van der Waals surface area contributed by atoms with E-state index in [1.54, 1.807) is 37.3 Å². The molecule has 0 saturated carbocycles. The van der Waals surface area contributed by atoms with Crippen LogP contribution < -0.4 is 10.5 Å². The van der Waals surface area contributed by atoms with Crippen LogP contribution in [-0.4, -0.2) is 8.42 Å². The molecule has 0 fully saturated rings. The molecular weight excluding hydrogens is 284 g/mol. The summed E-state index contributed by atoms with van der Waals surface area (Å²) in [7, 11) is -3.61. The minimum absolute atomic E-state index is 0.175. The van der Waals surface area contributed by atoms with E-state index in [0.717, 1.165) is 5.56 Å². The smallest absolute Gasteiger partial charge is 0.261 e. The van der Waals surface area contributed by atoms with E-state index in [0.29, 0.717) is 16.4 Å². The molecule has 100 valence electrons. The number of benzene rings is 2. The molecule has 4 nitrogen and oxygen atoms in total. The topological polar surface area (TPSA) is 72.2 Å². The predicted molar refractivity (Wildman–Crippen MR) is 77.9 cm³/mol. The van der Waals surface area contributed by atoms with Gasteiger partial charge in [0.15, 0.2) is 0 Å². The van der Waals surface area contributed by atoms with E-state index >= 15 is 0 Å². The van der Waals surface area contributed by atoms with Crippen molar-refractivity contribution in [2.45, 2.75) is 11.8 Å². The maximum absolute atomic E-state index is 12.2. The number of halogens is 1. The Morgan fingerprint density at radius 3 is 2.32 bits per heavy atom. The second-order valence-electron chi connectivity index (χ2n) is 4.13. The SMILES string of the molecule is Cc1cc(S(=O)(=O)Nc2ccc(Cl)cc2)ccc1N. The number of nitrogens with two attached hydrogens (primary N) is 1. The van der Waals surface area contributed by atoms with Gasteiger partial charge in [0.25, 0.3) is 10.0 Å². The van der Waals surface area contributed by atoms with Gasteiger partial charge < -0.3 is 5.73 Å². The Morgan fingerprint density at radius 2 is 1.74 bits per heavy atom. The van der Waals surface area contributed by atoms with Crippen LogP contribution in [0.2, 0.25) is 5.02 Å². The van der Waals surface area contributed by atoms with E-state index in [1.807, 2.05) is 0 Å². The molecule has 2 aromatic carbocycles. The van der Waals surface area contributed by atoms with Crippen LogP contribution in [0, 0.1) is 6.92 Å². The Balaban J connectivity index is 2.32. The molecule has 2 rings (SSSR count). The van der Waals surface area contributed by atoms with Crippen LogP contribution in [0.4, 0.5) is 11.4 Å². The summed E-state index contributed by atoms with van der Waals surface area (Å²) in [5.41, 5.74) is 7.41. The Bertz CT molecular complexity index is 697. The van der Waals surface area contributed by atoms with Gasteiger partial charge in [-0.2, -0.15) is 0 Å². The van der Waals surface area contributed by atoms with Gasteiger partial charge in [0, 0.05) is 16.4 Å². The van der Waals surface area contributed by atoms with Gasteiger partial charge in [0.05, 0.1) is 4.90 Å². The van der Waals surface area contributed by atoms with Gasteiger partial charge in [0.1, 0.15) is 0 Å². The summed E-state index contributed by atoms with van der Waals surface area (Å²) in [5, 5.41) is 0.547. The Hall–Kier alpha value is -1.72. The Morgan fingerprint density at radius 1 is 1.11 bits per heavy atom. The molecule has 0 saturated heterocycles. The van der Waals surface area contributed by atoms with Crippen molar-refractivity contribution in [3.63, 3.8) is 0 Å². The number of aryl methyl sites for hydroxylation is 1. The fourth-order valence-corrected chi connectivity index (χ4v) is 2.82. The quantitative estimate of drug-likeness (QED) is 0.855. The highest BCUT2D eigenvalue weighted by Gasteiger charge is 2.14. The molecule has 0 radical (unpaired) electrons. The molecule has 0 aromatic heterocycles. The lowest BCUT2D eigenvalue weighted by Gasteiger charge is -2.09. The highest BCUT2D eigenvalue weighted by atomic mass is 35.5. The van der Waals surface area contributed by atoms with Crippen LogP contribution in [0.5, 0.6) is 0 Å². The molecule has 6 heteroatoms. The summed E-state index contributed by atoms with van der Waals surface area (Å²) in [6, 6.07) is 11.0. The van der Waals surface area contributed by atoms with E-state index < -0.39 is 10.0 Å². The first kappa shape index (κ1) is 13.7. The fraction of sp³-hybridized carbons (Fsp3) is 0.0769. The molecule has 0 atom stereocenters. The summed E-state index contributed by atoms with van der Waals surface area (Å²) in [6.07, 6.45) is 0. The maximum Gasteiger partial charge on any atom is 0.261 e. The predicted octanol–water partition coefficient (Wildman–Crippen LogP) is 3.03. The van der Waals surface area contributed by atoms with Gasteiger partial charge in [-0.1, -0.05) is 11.6 Å². The molecule has 0 aliphatic rings. The summed E-state index contributed by atoms with van der Waals surface area (Å²) >= 11 is 5.75. The Labute approximate surface area is 117 Å². The van der Waals surface area contributed by atoms with Gasteiger partial charge in [-0.05, 0) is 55.0 Å². The average molecular weight is 297 g/mol. The molecule has 0 aliphatic heterocycles. The molecular formula is C13H13ClN2O2S. The number of hydrogen-bond acceptors (Lipinski definition) is 3. The monoisotopic (exact) mass is 296 g/mol. The molecule has 0 amide bonds. The molecule has 19 heavy (non-hydrogen) atoms. The number of sulfonamides is 1. The lowest BCUT2D eigenvalue weighted by molar-refractivity contribution is 0.601. The zero-order chi connectivity index (χ0) is 14.0. The standard InChI is InChI=1S/C13H13ClN2O2S/c1-9-8-12(6-7-13(9)15)19(17,18)16-11-4-2-10(14)3-5-11/h2-8,16H,15H2,1H3. The second kappa shape index (κ2) is 5.11. The zero-order valence-electron chi connectivity index (χ0n) is 10.2. The first-order valence-corrected chi connectivity index (χ1v) is 7.39. The first-order chi connectivity index (χ1) is 8.88. The van der Waals surface area contributed by atoms with Crippen LogP contribution >= 0.6 is 11.6 Å². The van der Waals surface area contributed by atoms with Crippen molar-refractivity contribution in [1.29, 1.82) is 0 Å². The zero-order valence-corrected chi connectivity index (χ0v) is 11.8. The van der Waals surface area contributed by atoms with E-state index in [4.69, 9.17) is 17.3 Å². The van der Waals surface area contributed by atoms with Crippen molar-refractivity contribution < 1.29 is 8.42 Å². The minimum atomic E-state index is -3.61. The minimum Gasteiger partial charge on any atom is -0.399 e. The van der Waals surface area contributed by atoms with Gasteiger partial charge in [-0.15, -0.1) is 0 Å².